The number of ether oxygens (including phenoxy) is 1. The molecule has 5 nitrogen and oxygen atoms in total. The highest BCUT2D eigenvalue weighted by Gasteiger charge is 2.23. The Bertz CT molecular complexity index is 807. The number of nitrogens with one attached hydrogen (secondary N) is 1. The topological polar surface area (TPSA) is 58.6 Å². The minimum absolute atomic E-state index is 0.0900. The molecule has 0 fully saturated rings. The summed E-state index contributed by atoms with van der Waals surface area (Å²) in [5.41, 5.74) is 2.33. The van der Waals surface area contributed by atoms with Crippen LogP contribution in [0.2, 0.25) is 5.02 Å². The van der Waals surface area contributed by atoms with Crippen molar-refractivity contribution in [2.75, 3.05) is 23.4 Å². The second-order valence-electron chi connectivity index (χ2n) is 5.87. The molecule has 0 aromatic heterocycles. The van der Waals surface area contributed by atoms with Crippen LogP contribution in [0.4, 0.5) is 11.4 Å². The van der Waals surface area contributed by atoms with Gasteiger partial charge < -0.3 is 15.0 Å². The second kappa shape index (κ2) is 7.57. The van der Waals surface area contributed by atoms with Gasteiger partial charge in [0.2, 0.25) is 11.8 Å². The lowest BCUT2D eigenvalue weighted by Gasteiger charge is -2.29. The number of aryl methyl sites for hydroxylation is 1. The summed E-state index contributed by atoms with van der Waals surface area (Å²) in [6.07, 6.45) is 0.254. The van der Waals surface area contributed by atoms with Crippen LogP contribution >= 0.6 is 11.6 Å². The summed E-state index contributed by atoms with van der Waals surface area (Å²) in [5, 5.41) is 3.36. The van der Waals surface area contributed by atoms with Crippen LogP contribution in [0.1, 0.15) is 18.4 Å². The first-order valence-electron chi connectivity index (χ1n) is 8.13. The van der Waals surface area contributed by atoms with Crippen LogP contribution in [0.5, 0.6) is 5.75 Å². The lowest BCUT2D eigenvalue weighted by molar-refractivity contribution is -0.122. The van der Waals surface area contributed by atoms with E-state index in [2.05, 4.69) is 5.32 Å². The zero-order valence-electron chi connectivity index (χ0n) is 13.9. The molecule has 6 heteroatoms. The van der Waals surface area contributed by atoms with Crippen LogP contribution in [0.3, 0.4) is 0 Å². The number of hydrogen-bond donors (Lipinski definition) is 1. The second-order valence-corrected chi connectivity index (χ2v) is 6.28. The van der Waals surface area contributed by atoms with Crippen molar-refractivity contribution in [2.24, 2.45) is 0 Å². The first-order valence-corrected chi connectivity index (χ1v) is 8.50. The van der Waals surface area contributed by atoms with Gasteiger partial charge in [0, 0.05) is 23.6 Å². The summed E-state index contributed by atoms with van der Waals surface area (Å²) in [7, 11) is 0. The maximum absolute atomic E-state index is 12.5. The minimum Gasteiger partial charge on any atom is -0.490 e. The predicted molar refractivity (Wildman–Crippen MR) is 98.3 cm³/mol. The van der Waals surface area contributed by atoms with Crippen molar-refractivity contribution >= 4 is 34.8 Å². The smallest absolute Gasteiger partial charge is 0.227 e. The zero-order valence-corrected chi connectivity index (χ0v) is 14.7. The fraction of sp³-hybridized carbons (Fsp3) is 0.263. The molecular weight excluding hydrogens is 340 g/mol. The van der Waals surface area contributed by atoms with Gasteiger partial charge in [-0.05, 0) is 36.8 Å². The van der Waals surface area contributed by atoms with Crippen molar-refractivity contribution < 1.29 is 14.3 Å². The number of halogens is 1. The van der Waals surface area contributed by atoms with Crippen LogP contribution in [-0.4, -0.2) is 25.0 Å². The molecule has 2 aromatic rings. The third-order valence-electron chi connectivity index (χ3n) is 4.05. The number of carbonyl (C=O) groups excluding carboxylic acids is 2. The Morgan fingerprint density at radius 1 is 1.20 bits per heavy atom. The normalized spacial score (nSPS) is 13.0. The van der Waals surface area contributed by atoms with Gasteiger partial charge >= 0.3 is 0 Å². The Hall–Kier alpha value is -2.53. The standard InChI is InChI=1S/C19H19ClN2O3/c1-13-6-7-14(12-15(13)20)21-18(23)8-9-19(24)22-10-11-25-17-5-3-2-4-16(17)22/h2-7,12H,8-11H2,1H3,(H,21,23). The molecule has 0 unspecified atom stereocenters. The molecule has 3 rings (SSSR count). The van der Waals surface area contributed by atoms with Crippen LogP contribution in [-0.2, 0) is 9.59 Å². The van der Waals surface area contributed by atoms with E-state index in [4.69, 9.17) is 16.3 Å². The molecule has 1 aliphatic rings. The van der Waals surface area contributed by atoms with Gasteiger partial charge in [0.15, 0.2) is 0 Å². The highest BCUT2D eigenvalue weighted by atomic mass is 35.5. The van der Waals surface area contributed by atoms with Crippen molar-refractivity contribution in [3.63, 3.8) is 0 Å². The zero-order chi connectivity index (χ0) is 17.8. The average Bonchev–Trinajstić information content (AvgIpc) is 2.62. The summed E-state index contributed by atoms with van der Waals surface area (Å²) < 4.78 is 5.54. The van der Waals surface area contributed by atoms with Crippen LogP contribution in [0, 0.1) is 6.92 Å². The third-order valence-corrected chi connectivity index (χ3v) is 4.46. The van der Waals surface area contributed by atoms with Gasteiger partial charge in [-0.15, -0.1) is 0 Å². The minimum atomic E-state index is -0.213. The van der Waals surface area contributed by atoms with Crippen LogP contribution in [0.15, 0.2) is 42.5 Å². The first-order chi connectivity index (χ1) is 12.0. The molecule has 0 bridgehead atoms. The number of para-hydroxylation sites is 2. The molecule has 0 radical (unpaired) electrons. The van der Waals surface area contributed by atoms with E-state index in [0.29, 0.717) is 29.6 Å². The molecule has 0 spiro atoms. The lowest BCUT2D eigenvalue weighted by atomic mass is 10.2. The summed E-state index contributed by atoms with van der Waals surface area (Å²) >= 11 is 6.05. The summed E-state index contributed by atoms with van der Waals surface area (Å²) in [4.78, 5) is 26.3. The van der Waals surface area contributed by atoms with E-state index >= 15 is 0 Å². The highest BCUT2D eigenvalue weighted by Crippen LogP contribution is 2.31. The van der Waals surface area contributed by atoms with Gasteiger partial charge in [-0.25, -0.2) is 0 Å². The van der Waals surface area contributed by atoms with Gasteiger partial charge in [-0.2, -0.15) is 0 Å². The monoisotopic (exact) mass is 358 g/mol. The van der Waals surface area contributed by atoms with Crippen molar-refractivity contribution in [2.45, 2.75) is 19.8 Å². The van der Waals surface area contributed by atoms with Gasteiger partial charge in [0.25, 0.3) is 0 Å². The summed E-state index contributed by atoms with van der Waals surface area (Å²) in [5.74, 6) is 0.392. The maximum atomic E-state index is 12.5. The average molecular weight is 359 g/mol. The fourth-order valence-electron chi connectivity index (χ4n) is 2.68. The number of amides is 2. The number of benzene rings is 2. The van der Waals surface area contributed by atoms with E-state index in [1.54, 1.807) is 17.0 Å². The number of nitrogens with zero attached hydrogens (tertiary/aromatic N) is 1. The lowest BCUT2D eigenvalue weighted by Crippen LogP contribution is -2.38. The van der Waals surface area contributed by atoms with Gasteiger partial charge in [0.05, 0.1) is 12.2 Å². The van der Waals surface area contributed by atoms with Crippen LogP contribution in [0.25, 0.3) is 0 Å². The summed E-state index contributed by atoms with van der Waals surface area (Å²) in [6, 6.07) is 12.7. The highest BCUT2D eigenvalue weighted by molar-refractivity contribution is 6.31. The van der Waals surface area contributed by atoms with E-state index < -0.39 is 0 Å². The number of carbonyl (C=O) groups is 2. The van der Waals surface area contributed by atoms with Crippen molar-refractivity contribution in [1.82, 2.24) is 0 Å². The largest absolute Gasteiger partial charge is 0.490 e. The molecular formula is C19H19ClN2O3. The van der Waals surface area contributed by atoms with Crippen molar-refractivity contribution in [1.29, 1.82) is 0 Å². The van der Waals surface area contributed by atoms with Gasteiger partial charge in [0.1, 0.15) is 12.4 Å². The Balaban J connectivity index is 1.57. The molecule has 2 amide bonds. The van der Waals surface area contributed by atoms with E-state index in [0.717, 1.165) is 11.3 Å². The van der Waals surface area contributed by atoms with E-state index in [1.807, 2.05) is 37.3 Å². The number of rotatable bonds is 4. The predicted octanol–water partition coefficient (Wildman–Crippen LogP) is 3.79. The molecule has 1 N–H and O–H groups in total. The summed E-state index contributed by atoms with van der Waals surface area (Å²) in [6.45, 7) is 2.84. The van der Waals surface area contributed by atoms with Crippen molar-refractivity contribution in [3.8, 4) is 5.75 Å². The first kappa shape index (κ1) is 17.3. The molecule has 25 heavy (non-hydrogen) atoms. The van der Waals surface area contributed by atoms with E-state index in [9.17, 15) is 9.59 Å². The fourth-order valence-corrected chi connectivity index (χ4v) is 2.86. The van der Waals surface area contributed by atoms with Crippen molar-refractivity contribution in [3.05, 3.63) is 53.1 Å². The molecule has 1 aliphatic heterocycles. The maximum Gasteiger partial charge on any atom is 0.227 e. The Kier molecular flexibility index (Phi) is 5.24. The third kappa shape index (κ3) is 4.12. The van der Waals surface area contributed by atoms with Crippen LogP contribution < -0.4 is 15.0 Å². The van der Waals surface area contributed by atoms with E-state index in [1.165, 1.54) is 0 Å². The molecule has 0 saturated heterocycles. The van der Waals surface area contributed by atoms with Gasteiger partial charge in [-0.3, -0.25) is 9.59 Å². The number of fused-ring (bicyclic) bond motifs is 1. The number of hydrogen-bond acceptors (Lipinski definition) is 3. The molecule has 0 atom stereocenters. The Labute approximate surface area is 151 Å². The molecule has 130 valence electrons. The SMILES string of the molecule is Cc1ccc(NC(=O)CCC(=O)N2CCOc3ccccc32)cc1Cl. The van der Waals surface area contributed by atoms with Gasteiger partial charge in [-0.1, -0.05) is 29.8 Å². The molecule has 1 heterocycles. The van der Waals surface area contributed by atoms with E-state index in [-0.39, 0.29) is 24.7 Å². The quantitative estimate of drug-likeness (QED) is 0.904. The Morgan fingerprint density at radius 2 is 2.00 bits per heavy atom. The molecule has 0 aliphatic carbocycles. The molecule has 0 saturated carbocycles. The Morgan fingerprint density at radius 3 is 2.80 bits per heavy atom. The number of anilines is 2. The molecule has 2 aromatic carbocycles.